The molecule has 1 fully saturated rings. The van der Waals surface area contributed by atoms with Crippen molar-refractivity contribution in [1.29, 1.82) is 0 Å². The molecule has 2 aromatic heterocycles. The van der Waals surface area contributed by atoms with Crippen molar-refractivity contribution in [1.82, 2.24) is 19.7 Å². The second-order valence-electron chi connectivity index (χ2n) is 6.06. The monoisotopic (exact) mass is 303 g/mol. The Morgan fingerprint density at radius 2 is 2.32 bits per heavy atom. The second-order valence-corrected chi connectivity index (χ2v) is 6.06. The summed E-state index contributed by atoms with van der Waals surface area (Å²) >= 11 is 0. The Labute approximate surface area is 129 Å². The lowest BCUT2D eigenvalue weighted by Gasteiger charge is -2.14. The molecule has 2 aromatic rings. The summed E-state index contributed by atoms with van der Waals surface area (Å²) in [6.07, 6.45) is 6.03. The quantitative estimate of drug-likeness (QED) is 0.905. The van der Waals surface area contributed by atoms with Crippen LogP contribution in [0.2, 0.25) is 0 Å². The van der Waals surface area contributed by atoms with E-state index >= 15 is 0 Å². The average molecular weight is 303 g/mol. The van der Waals surface area contributed by atoms with Crippen molar-refractivity contribution in [3.8, 4) is 0 Å². The molecule has 2 N–H and O–H groups in total. The standard InChI is InChI=1S/C15H21N5O2/c1-10(2)13-6-17-14(22-13)9-19-4-3-12(8-19)20-7-11(5-18-20)15(16)21/h5-7,10,12H,3-4,8-9H2,1-2H3,(H2,16,21). The summed E-state index contributed by atoms with van der Waals surface area (Å²) in [7, 11) is 0. The average Bonchev–Trinajstić information content (AvgIpc) is 3.18. The number of nitrogens with zero attached hydrogens (tertiary/aromatic N) is 4. The van der Waals surface area contributed by atoms with E-state index in [1.165, 1.54) is 6.20 Å². The largest absolute Gasteiger partial charge is 0.444 e. The van der Waals surface area contributed by atoms with Crippen LogP contribution in [0.4, 0.5) is 0 Å². The summed E-state index contributed by atoms with van der Waals surface area (Å²) in [5.74, 6) is 1.58. The first-order valence-corrected chi connectivity index (χ1v) is 7.54. The summed E-state index contributed by atoms with van der Waals surface area (Å²) in [6, 6.07) is 0.257. The fourth-order valence-electron chi connectivity index (χ4n) is 2.69. The van der Waals surface area contributed by atoms with Crippen LogP contribution in [-0.4, -0.2) is 38.7 Å². The number of oxazole rings is 1. The van der Waals surface area contributed by atoms with Gasteiger partial charge in [0.1, 0.15) is 5.76 Å². The van der Waals surface area contributed by atoms with Gasteiger partial charge in [-0.25, -0.2) is 4.98 Å². The van der Waals surface area contributed by atoms with Gasteiger partial charge in [0.15, 0.2) is 0 Å². The molecule has 22 heavy (non-hydrogen) atoms. The predicted molar refractivity (Wildman–Crippen MR) is 80.3 cm³/mol. The van der Waals surface area contributed by atoms with Crippen LogP contribution in [0.15, 0.2) is 23.0 Å². The van der Waals surface area contributed by atoms with Gasteiger partial charge in [0.05, 0.1) is 30.5 Å². The van der Waals surface area contributed by atoms with Crippen molar-refractivity contribution in [3.63, 3.8) is 0 Å². The third-order valence-electron chi connectivity index (χ3n) is 4.01. The van der Waals surface area contributed by atoms with Gasteiger partial charge in [-0.1, -0.05) is 13.8 Å². The fourth-order valence-corrected chi connectivity index (χ4v) is 2.69. The van der Waals surface area contributed by atoms with Gasteiger partial charge in [-0.2, -0.15) is 5.10 Å². The van der Waals surface area contributed by atoms with Gasteiger partial charge in [0.25, 0.3) is 5.91 Å². The van der Waals surface area contributed by atoms with Crippen LogP contribution in [0.3, 0.4) is 0 Å². The highest BCUT2D eigenvalue weighted by Crippen LogP contribution is 2.23. The molecule has 3 rings (SSSR count). The van der Waals surface area contributed by atoms with Crippen LogP contribution in [0.25, 0.3) is 0 Å². The van der Waals surface area contributed by atoms with E-state index in [2.05, 4.69) is 28.8 Å². The Bertz CT molecular complexity index is 660. The molecule has 118 valence electrons. The Hall–Kier alpha value is -2.15. The maximum atomic E-state index is 11.1. The number of hydrogen-bond donors (Lipinski definition) is 1. The van der Waals surface area contributed by atoms with Crippen LogP contribution < -0.4 is 5.73 Å². The normalized spacial score (nSPS) is 19.1. The van der Waals surface area contributed by atoms with Crippen molar-refractivity contribution in [2.45, 2.75) is 38.8 Å². The predicted octanol–water partition coefficient (Wildman–Crippen LogP) is 1.54. The molecule has 1 aliphatic heterocycles. The minimum absolute atomic E-state index is 0.257. The van der Waals surface area contributed by atoms with Crippen LogP contribution in [-0.2, 0) is 6.54 Å². The number of carbonyl (C=O) groups is 1. The summed E-state index contributed by atoms with van der Waals surface area (Å²) in [5.41, 5.74) is 5.71. The van der Waals surface area contributed by atoms with E-state index in [4.69, 9.17) is 10.2 Å². The molecule has 1 saturated heterocycles. The zero-order chi connectivity index (χ0) is 15.7. The van der Waals surface area contributed by atoms with E-state index in [-0.39, 0.29) is 6.04 Å². The Morgan fingerprint density at radius 3 is 2.95 bits per heavy atom. The molecule has 0 radical (unpaired) electrons. The molecule has 0 aliphatic carbocycles. The smallest absolute Gasteiger partial charge is 0.251 e. The van der Waals surface area contributed by atoms with Crippen LogP contribution in [0.1, 0.15) is 54.2 Å². The molecule has 7 heteroatoms. The van der Waals surface area contributed by atoms with Gasteiger partial charge in [0.2, 0.25) is 5.89 Å². The first-order valence-electron chi connectivity index (χ1n) is 7.54. The summed E-state index contributed by atoms with van der Waals surface area (Å²) in [4.78, 5) is 17.7. The number of primary amides is 1. The third-order valence-corrected chi connectivity index (χ3v) is 4.01. The van der Waals surface area contributed by atoms with E-state index in [1.54, 1.807) is 12.4 Å². The molecule has 1 atom stereocenters. The van der Waals surface area contributed by atoms with Crippen molar-refractivity contribution in [2.24, 2.45) is 5.73 Å². The second kappa shape index (κ2) is 5.92. The van der Waals surface area contributed by atoms with Crippen molar-refractivity contribution in [3.05, 3.63) is 35.8 Å². The number of amides is 1. The number of nitrogens with two attached hydrogens (primary N) is 1. The van der Waals surface area contributed by atoms with Gasteiger partial charge in [-0.3, -0.25) is 14.4 Å². The Kier molecular flexibility index (Phi) is 3.98. The van der Waals surface area contributed by atoms with Crippen LogP contribution in [0.5, 0.6) is 0 Å². The van der Waals surface area contributed by atoms with Gasteiger partial charge in [-0.15, -0.1) is 0 Å². The zero-order valence-electron chi connectivity index (χ0n) is 12.9. The molecular formula is C15H21N5O2. The van der Waals surface area contributed by atoms with Crippen LogP contribution >= 0.6 is 0 Å². The van der Waals surface area contributed by atoms with Crippen molar-refractivity contribution >= 4 is 5.91 Å². The van der Waals surface area contributed by atoms with E-state index in [0.29, 0.717) is 18.0 Å². The molecular weight excluding hydrogens is 282 g/mol. The van der Waals surface area contributed by atoms with Crippen molar-refractivity contribution < 1.29 is 9.21 Å². The minimum Gasteiger partial charge on any atom is -0.444 e. The molecule has 0 bridgehead atoms. The Balaban J connectivity index is 1.60. The lowest BCUT2D eigenvalue weighted by atomic mass is 10.2. The van der Waals surface area contributed by atoms with Crippen molar-refractivity contribution in [2.75, 3.05) is 13.1 Å². The highest BCUT2D eigenvalue weighted by Gasteiger charge is 2.26. The summed E-state index contributed by atoms with van der Waals surface area (Å²) in [5, 5.41) is 4.24. The molecule has 1 amide bonds. The SMILES string of the molecule is CC(C)c1cnc(CN2CCC(n3cc(C(N)=O)cn3)C2)o1. The van der Waals surface area contributed by atoms with Gasteiger partial charge in [0, 0.05) is 25.2 Å². The highest BCUT2D eigenvalue weighted by atomic mass is 16.4. The fraction of sp³-hybridized carbons (Fsp3) is 0.533. The molecule has 1 aliphatic rings. The Morgan fingerprint density at radius 1 is 1.50 bits per heavy atom. The first-order chi connectivity index (χ1) is 10.5. The van der Waals surface area contributed by atoms with E-state index in [9.17, 15) is 4.79 Å². The molecule has 0 spiro atoms. The van der Waals surface area contributed by atoms with Crippen LogP contribution in [0, 0.1) is 0 Å². The molecule has 7 nitrogen and oxygen atoms in total. The van der Waals surface area contributed by atoms with Gasteiger partial charge < -0.3 is 10.2 Å². The third kappa shape index (κ3) is 3.04. The number of carbonyl (C=O) groups excluding carboxylic acids is 1. The molecule has 0 saturated carbocycles. The van der Waals surface area contributed by atoms with E-state index in [1.807, 2.05) is 4.68 Å². The first kappa shape index (κ1) is 14.8. The van der Waals surface area contributed by atoms with Gasteiger partial charge >= 0.3 is 0 Å². The van der Waals surface area contributed by atoms with E-state index in [0.717, 1.165) is 31.2 Å². The lowest BCUT2D eigenvalue weighted by molar-refractivity contribution is 0.1000. The maximum Gasteiger partial charge on any atom is 0.251 e. The molecule has 0 aromatic carbocycles. The van der Waals surface area contributed by atoms with Gasteiger partial charge in [-0.05, 0) is 6.42 Å². The number of hydrogen-bond acceptors (Lipinski definition) is 5. The number of likely N-dealkylation sites (tertiary alicyclic amines) is 1. The minimum atomic E-state index is -0.442. The number of rotatable bonds is 5. The summed E-state index contributed by atoms with van der Waals surface area (Å²) in [6.45, 7) is 6.69. The van der Waals surface area contributed by atoms with E-state index < -0.39 is 5.91 Å². The maximum absolute atomic E-state index is 11.1. The molecule has 1 unspecified atom stereocenters. The highest BCUT2D eigenvalue weighted by molar-refractivity contribution is 5.92. The number of aromatic nitrogens is 3. The zero-order valence-corrected chi connectivity index (χ0v) is 12.9. The summed E-state index contributed by atoms with van der Waals surface area (Å²) < 4.78 is 7.58. The molecule has 3 heterocycles. The lowest BCUT2D eigenvalue weighted by Crippen LogP contribution is -2.21. The topological polar surface area (TPSA) is 90.2 Å².